The summed E-state index contributed by atoms with van der Waals surface area (Å²) in [5.41, 5.74) is 10.1. The fraction of sp³-hybridized carbons (Fsp3) is 0. The van der Waals surface area contributed by atoms with E-state index in [0.29, 0.717) is 0 Å². The van der Waals surface area contributed by atoms with E-state index in [2.05, 4.69) is 194 Å². The lowest BCUT2D eigenvalue weighted by Crippen LogP contribution is -1.92. The second kappa shape index (κ2) is 12.5. The van der Waals surface area contributed by atoms with Gasteiger partial charge in [0.25, 0.3) is 0 Å². The van der Waals surface area contributed by atoms with E-state index in [1.165, 1.54) is 117 Å². The molecular formula is C54H32S2. The third kappa shape index (κ3) is 4.70. The summed E-state index contributed by atoms with van der Waals surface area (Å²) in [7, 11) is 0. The van der Waals surface area contributed by atoms with Crippen molar-refractivity contribution in [2.45, 2.75) is 0 Å². The number of benzene rings is 10. The number of hydrogen-bond donors (Lipinski definition) is 0. The summed E-state index contributed by atoms with van der Waals surface area (Å²) in [6.07, 6.45) is 0. The third-order valence-corrected chi connectivity index (χ3v) is 14.0. The van der Waals surface area contributed by atoms with E-state index < -0.39 is 0 Å². The van der Waals surface area contributed by atoms with Crippen LogP contribution in [0.15, 0.2) is 194 Å². The highest BCUT2D eigenvalue weighted by Crippen LogP contribution is 2.50. The van der Waals surface area contributed by atoms with Crippen LogP contribution in [0, 0.1) is 0 Å². The molecule has 0 radical (unpaired) electrons. The number of thiophene rings is 2. The molecule has 260 valence electrons. The highest BCUT2D eigenvalue weighted by Gasteiger charge is 2.21. The van der Waals surface area contributed by atoms with Crippen LogP contribution in [-0.4, -0.2) is 0 Å². The Hall–Kier alpha value is -6.58. The van der Waals surface area contributed by atoms with Crippen LogP contribution in [0.5, 0.6) is 0 Å². The van der Waals surface area contributed by atoms with Crippen LogP contribution in [-0.2, 0) is 0 Å². The maximum Gasteiger partial charge on any atom is 0.0441 e. The zero-order valence-corrected chi connectivity index (χ0v) is 31.9. The number of fused-ring (bicyclic) bond motifs is 10. The van der Waals surface area contributed by atoms with E-state index in [1.54, 1.807) is 0 Å². The second-order valence-corrected chi connectivity index (χ2v) is 16.8. The summed E-state index contributed by atoms with van der Waals surface area (Å²) in [5, 5.41) is 13.1. The predicted octanol–water partition coefficient (Wildman–Crippen LogP) is 16.5. The Morgan fingerprint density at radius 3 is 1.41 bits per heavy atom. The van der Waals surface area contributed by atoms with Gasteiger partial charge < -0.3 is 0 Å². The van der Waals surface area contributed by atoms with Crippen molar-refractivity contribution in [3.63, 3.8) is 0 Å². The van der Waals surface area contributed by atoms with E-state index in [9.17, 15) is 0 Å². The van der Waals surface area contributed by atoms with Crippen LogP contribution in [0.3, 0.4) is 0 Å². The van der Waals surface area contributed by atoms with E-state index >= 15 is 0 Å². The minimum atomic E-state index is 1.23. The monoisotopic (exact) mass is 744 g/mol. The normalized spacial score (nSPS) is 11.9. The molecule has 0 saturated carbocycles. The van der Waals surface area contributed by atoms with Gasteiger partial charge >= 0.3 is 0 Å². The molecule has 2 aromatic heterocycles. The standard InChI is InChI=1S/C54H32S2/c1-2-15-33(16-3-1)36-29-30-43(38-20-5-4-19-37(36)38)51-41-23-8-6-21-39(41)50(40-22-7-9-24-42(40)51)35-18-14-17-34(31-35)46-32-49-52(44-25-10-12-27-47(44)55-49)53-45-26-11-13-28-48(45)56-54(46)53/h1-32H. The predicted molar refractivity (Wildman–Crippen MR) is 246 cm³/mol. The topological polar surface area (TPSA) is 0 Å². The maximum absolute atomic E-state index is 2.46. The Bertz CT molecular complexity index is 3470. The molecule has 0 saturated heterocycles. The molecule has 12 aromatic rings. The SMILES string of the molecule is c1ccc(-c2ccc(-c3c4ccccc4c(-c4cccc(-c5cc6sc7ccccc7c6c6c5sc5ccccc56)c4)c4ccccc34)c3ccccc23)cc1. The van der Waals surface area contributed by atoms with E-state index in [1.807, 2.05) is 22.7 Å². The fourth-order valence-corrected chi connectivity index (χ4v) is 11.7. The molecule has 0 aliphatic rings. The Labute approximate surface area is 332 Å². The van der Waals surface area contributed by atoms with E-state index in [0.717, 1.165) is 0 Å². The van der Waals surface area contributed by atoms with Gasteiger partial charge in [0.15, 0.2) is 0 Å². The van der Waals surface area contributed by atoms with Gasteiger partial charge in [-0.25, -0.2) is 0 Å². The van der Waals surface area contributed by atoms with Crippen molar-refractivity contribution in [2.75, 3.05) is 0 Å². The molecule has 2 heteroatoms. The first-order valence-corrected chi connectivity index (χ1v) is 20.8. The summed E-state index contributed by atoms with van der Waals surface area (Å²) in [6.45, 7) is 0. The van der Waals surface area contributed by atoms with E-state index in [4.69, 9.17) is 0 Å². The Balaban J connectivity index is 1.12. The average molecular weight is 745 g/mol. The van der Waals surface area contributed by atoms with Crippen LogP contribution in [0.1, 0.15) is 0 Å². The van der Waals surface area contributed by atoms with Gasteiger partial charge in [-0.15, -0.1) is 22.7 Å². The zero-order valence-electron chi connectivity index (χ0n) is 30.3. The number of rotatable bonds is 4. The summed E-state index contributed by atoms with van der Waals surface area (Å²) < 4.78 is 5.37. The molecule has 0 aliphatic heterocycles. The van der Waals surface area contributed by atoms with Crippen molar-refractivity contribution in [3.05, 3.63) is 194 Å². The van der Waals surface area contributed by atoms with Crippen molar-refractivity contribution >= 4 is 95.3 Å². The molecule has 0 fully saturated rings. The van der Waals surface area contributed by atoms with E-state index in [-0.39, 0.29) is 0 Å². The second-order valence-electron chi connectivity index (χ2n) is 14.7. The van der Waals surface area contributed by atoms with Crippen molar-refractivity contribution < 1.29 is 0 Å². The minimum Gasteiger partial charge on any atom is -0.135 e. The first-order valence-electron chi connectivity index (χ1n) is 19.2. The summed E-state index contributed by atoms with van der Waals surface area (Å²) in [5.74, 6) is 0. The first kappa shape index (κ1) is 31.7. The van der Waals surface area contributed by atoms with Gasteiger partial charge in [0.05, 0.1) is 0 Å². The molecule has 2 heterocycles. The quantitative estimate of drug-likeness (QED) is 0.157. The largest absolute Gasteiger partial charge is 0.135 e. The van der Waals surface area contributed by atoms with Gasteiger partial charge in [-0.1, -0.05) is 170 Å². The average Bonchev–Trinajstić information content (AvgIpc) is 3.84. The van der Waals surface area contributed by atoms with Gasteiger partial charge in [-0.3, -0.25) is 0 Å². The molecule has 0 unspecified atom stereocenters. The number of hydrogen-bond acceptors (Lipinski definition) is 2. The molecule has 56 heavy (non-hydrogen) atoms. The maximum atomic E-state index is 2.46. The molecule has 0 N–H and O–H groups in total. The van der Waals surface area contributed by atoms with Crippen LogP contribution in [0.25, 0.3) is 117 Å². The molecular weight excluding hydrogens is 713 g/mol. The summed E-state index contributed by atoms with van der Waals surface area (Å²) in [4.78, 5) is 0. The molecule has 10 aromatic carbocycles. The summed E-state index contributed by atoms with van der Waals surface area (Å²) >= 11 is 3.83. The molecule has 0 atom stereocenters. The Morgan fingerprint density at radius 1 is 0.250 bits per heavy atom. The lowest BCUT2D eigenvalue weighted by Gasteiger charge is -2.20. The molecule has 0 nitrogen and oxygen atoms in total. The molecule has 0 bridgehead atoms. The van der Waals surface area contributed by atoms with Crippen molar-refractivity contribution in [2.24, 2.45) is 0 Å². The Morgan fingerprint density at radius 2 is 0.732 bits per heavy atom. The third-order valence-electron chi connectivity index (χ3n) is 11.7. The summed E-state index contributed by atoms with van der Waals surface area (Å²) in [6, 6.07) is 72.0. The molecule has 0 aliphatic carbocycles. The zero-order chi connectivity index (χ0) is 36.7. The highest BCUT2D eigenvalue weighted by molar-refractivity contribution is 7.28. The van der Waals surface area contributed by atoms with Crippen molar-refractivity contribution in [1.29, 1.82) is 0 Å². The Kier molecular flexibility index (Phi) is 7.07. The minimum absolute atomic E-state index is 1.23. The fourth-order valence-electron chi connectivity index (χ4n) is 9.28. The van der Waals surface area contributed by atoms with Gasteiger partial charge in [0.2, 0.25) is 0 Å². The van der Waals surface area contributed by atoms with Crippen molar-refractivity contribution in [3.8, 4) is 44.5 Å². The van der Waals surface area contributed by atoms with Gasteiger partial charge in [0.1, 0.15) is 0 Å². The smallest absolute Gasteiger partial charge is 0.0441 e. The van der Waals surface area contributed by atoms with Gasteiger partial charge in [-0.2, -0.15) is 0 Å². The van der Waals surface area contributed by atoms with Crippen LogP contribution in [0.4, 0.5) is 0 Å². The first-order chi connectivity index (χ1) is 27.8. The van der Waals surface area contributed by atoms with Gasteiger partial charge in [0, 0.05) is 45.9 Å². The van der Waals surface area contributed by atoms with Crippen LogP contribution < -0.4 is 0 Å². The lowest BCUT2D eigenvalue weighted by molar-refractivity contribution is 1.64. The molecule has 0 spiro atoms. The van der Waals surface area contributed by atoms with Gasteiger partial charge in [-0.05, 0) is 95.5 Å². The highest BCUT2D eigenvalue weighted by atomic mass is 32.1. The van der Waals surface area contributed by atoms with Crippen LogP contribution in [0.2, 0.25) is 0 Å². The lowest BCUT2D eigenvalue weighted by atomic mass is 9.83. The van der Waals surface area contributed by atoms with Crippen molar-refractivity contribution in [1.82, 2.24) is 0 Å². The molecule has 12 rings (SSSR count). The van der Waals surface area contributed by atoms with Crippen LogP contribution >= 0.6 is 22.7 Å². The molecule has 0 amide bonds.